The molecule has 0 saturated carbocycles. The average molecular weight is 369 g/mol. The van der Waals surface area contributed by atoms with Crippen LogP contribution in [0.4, 0.5) is 0 Å². The molecule has 5 nitrogen and oxygen atoms in total. The average Bonchev–Trinajstić information content (AvgIpc) is 3.20. The molecule has 2 aromatic heterocycles. The van der Waals surface area contributed by atoms with Gasteiger partial charge in [-0.25, -0.2) is 4.79 Å². The molecule has 118 valence electrons. The van der Waals surface area contributed by atoms with Crippen molar-refractivity contribution in [2.45, 2.75) is 13.0 Å². The minimum absolute atomic E-state index is 0.224. The lowest BCUT2D eigenvalue weighted by atomic mass is 10.2. The van der Waals surface area contributed by atoms with E-state index in [1.165, 1.54) is 29.5 Å². The Morgan fingerprint density at radius 1 is 1.26 bits per heavy atom. The van der Waals surface area contributed by atoms with Gasteiger partial charge in [-0.15, -0.1) is 21.5 Å². The number of benzene rings is 1. The van der Waals surface area contributed by atoms with Crippen molar-refractivity contribution >= 4 is 40.5 Å². The van der Waals surface area contributed by atoms with E-state index in [0.717, 1.165) is 4.88 Å². The van der Waals surface area contributed by atoms with Crippen LogP contribution in [-0.4, -0.2) is 16.2 Å². The molecule has 0 aliphatic heterocycles. The number of esters is 1. The van der Waals surface area contributed by atoms with Crippen molar-refractivity contribution in [2.24, 2.45) is 0 Å². The summed E-state index contributed by atoms with van der Waals surface area (Å²) in [6.45, 7) is 1.65. The Balaban J connectivity index is 1.72. The summed E-state index contributed by atoms with van der Waals surface area (Å²) >= 11 is 13.2. The third-order valence-electron chi connectivity index (χ3n) is 2.96. The largest absolute Gasteiger partial charge is 0.449 e. The maximum atomic E-state index is 12.1. The van der Waals surface area contributed by atoms with E-state index in [0.29, 0.717) is 16.5 Å². The highest BCUT2D eigenvalue weighted by atomic mass is 35.5. The molecule has 0 aliphatic carbocycles. The van der Waals surface area contributed by atoms with Gasteiger partial charge in [0.25, 0.3) is 11.8 Å². The van der Waals surface area contributed by atoms with Gasteiger partial charge in [0.2, 0.25) is 0 Å². The van der Waals surface area contributed by atoms with Gasteiger partial charge in [0.15, 0.2) is 6.10 Å². The highest BCUT2D eigenvalue weighted by Gasteiger charge is 2.20. The third-order valence-corrected chi connectivity index (χ3v) is 4.56. The van der Waals surface area contributed by atoms with Crippen LogP contribution >= 0.6 is 34.5 Å². The zero-order chi connectivity index (χ0) is 16.4. The smallest absolute Gasteiger partial charge is 0.338 e. The topological polar surface area (TPSA) is 65.2 Å². The van der Waals surface area contributed by atoms with Gasteiger partial charge in [-0.05, 0) is 36.6 Å². The number of carbonyl (C=O) groups excluding carboxylic acids is 1. The number of carbonyl (C=O) groups is 1. The van der Waals surface area contributed by atoms with E-state index < -0.39 is 12.1 Å². The second-order valence-corrected chi connectivity index (χ2v) is 6.36. The number of nitrogens with zero attached hydrogens (tertiary/aromatic N) is 2. The van der Waals surface area contributed by atoms with Crippen molar-refractivity contribution in [1.29, 1.82) is 0 Å². The summed E-state index contributed by atoms with van der Waals surface area (Å²) in [5.41, 5.74) is 0.296. The first-order valence-corrected chi connectivity index (χ1v) is 8.21. The van der Waals surface area contributed by atoms with Crippen LogP contribution in [-0.2, 0) is 4.74 Å². The molecule has 8 heteroatoms. The molecule has 0 aliphatic rings. The molecule has 1 aromatic carbocycles. The molecule has 0 radical (unpaired) electrons. The number of hydrogen-bond donors (Lipinski definition) is 0. The van der Waals surface area contributed by atoms with Crippen LogP contribution in [0.1, 0.15) is 29.3 Å². The quantitative estimate of drug-likeness (QED) is 0.604. The zero-order valence-electron chi connectivity index (χ0n) is 11.8. The summed E-state index contributed by atoms with van der Waals surface area (Å²) in [4.78, 5) is 13.0. The van der Waals surface area contributed by atoms with Crippen LogP contribution < -0.4 is 0 Å². The van der Waals surface area contributed by atoms with Crippen molar-refractivity contribution in [3.63, 3.8) is 0 Å². The molecule has 0 N–H and O–H groups in total. The van der Waals surface area contributed by atoms with Crippen molar-refractivity contribution in [2.75, 3.05) is 0 Å². The maximum absolute atomic E-state index is 12.1. The van der Waals surface area contributed by atoms with Gasteiger partial charge in [-0.3, -0.25) is 0 Å². The molecule has 0 fully saturated rings. The summed E-state index contributed by atoms with van der Waals surface area (Å²) in [5, 5.41) is 10.4. The molecular weight excluding hydrogens is 359 g/mol. The van der Waals surface area contributed by atoms with E-state index in [-0.39, 0.29) is 10.9 Å². The lowest BCUT2D eigenvalue weighted by Crippen LogP contribution is -2.09. The fourth-order valence-electron chi connectivity index (χ4n) is 1.80. The van der Waals surface area contributed by atoms with Gasteiger partial charge in [-0.1, -0.05) is 29.3 Å². The second kappa shape index (κ2) is 6.70. The van der Waals surface area contributed by atoms with Crippen LogP contribution in [0.3, 0.4) is 0 Å². The Kier molecular flexibility index (Phi) is 4.66. The highest BCUT2D eigenvalue weighted by Crippen LogP contribution is 2.27. The Labute approximate surface area is 145 Å². The van der Waals surface area contributed by atoms with Crippen molar-refractivity contribution in [3.05, 3.63) is 57.2 Å². The SMILES string of the molecule is C[C@@H](OC(=O)c1ccc(Cl)c(Cl)c1)c1nnc(-c2cccs2)o1. The highest BCUT2D eigenvalue weighted by molar-refractivity contribution is 7.13. The van der Waals surface area contributed by atoms with Gasteiger partial charge in [0, 0.05) is 0 Å². The fraction of sp³-hybridized carbons (Fsp3) is 0.133. The summed E-state index contributed by atoms with van der Waals surface area (Å²) < 4.78 is 10.8. The molecule has 2 heterocycles. The van der Waals surface area contributed by atoms with E-state index in [4.69, 9.17) is 32.4 Å². The van der Waals surface area contributed by atoms with Crippen LogP contribution in [0.25, 0.3) is 10.8 Å². The summed E-state index contributed by atoms with van der Waals surface area (Å²) in [6, 6.07) is 8.27. The molecule has 3 rings (SSSR count). The van der Waals surface area contributed by atoms with Crippen LogP contribution in [0.5, 0.6) is 0 Å². The Hall–Kier alpha value is -1.89. The molecule has 0 saturated heterocycles. The number of hydrogen-bond acceptors (Lipinski definition) is 6. The first kappa shape index (κ1) is 16.0. The van der Waals surface area contributed by atoms with Crippen LogP contribution in [0.15, 0.2) is 40.1 Å². The first-order valence-electron chi connectivity index (χ1n) is 6.58. The van der Waals surface area contributed by atoms with E-state index >= 15 is 0 Å². The van der Waals surface area contributed by atoms with Crippen LogP contribution in [0.2, 0.25) is 10.0 Å². The lowest BCUT2D eigenvalue weighted by Gasteiger charge is -2.09. The third kappa shape index (κ3) is 3.55. The normalized spacial score (nSPS) is 12.1. The molecule has 1 atom stereocenters. The van der Waals surface area contributed by atoms with Gasteiger partial charge < -0.3 is 9.15 Å². The van der Waals surface area contributed by atoms with Gasteiger partial charge in [0.1, 0.15) is 0 Å². The number of thiophene rings is 1. The zero-order valence-corrected chi connectivity index (χ0v) is 14.2. The summed E-state index contributed by atoms with van der Waals surface area (Å²) in [7, 11) is 0. The Morgan fingerprint density at radius 3 is 2.78 bits per heavy atom. The minimum atomic E-state index is -0.682. The molecule has 0 unspecified atom stereocenters. The number of halogens is 2. The van der Waals surface area contributed by atoms with E-state index in [1.807, 2.05) is 17.5 Å². The minimum Gasteiger partial charge on any atom is -0.449 e. The fourth-order valence-corrected chi connectivity index (χ4v) is 2.74. The Bertz CT molecular complexity index is 833. The Morgan fingerprint density at radius 2 is 2.09 bits per heavy atom. The van der Waals surface area contributed by atoms with Gasteiger partial charge in [-0.2, -0.15) is 0 Å². The molecular formula is C15H10Cl2N2O3S. The summed E-state index contributed by atoms with van der Waals surface area (Å²) in [6.07, 6.45) is -0.682. The first-order chi connectivity index (χ1) is 11.0. The van der Waals surface area contributed by atoms with E-state index in [2.05, 4.69) is 10.2 Å². The molecule has 0 spiro atoms. The predicted molar refractivity (Wildman–Crippen MR) is 87.9 cm³/mol. The molecule has 0 amide bonds. The number of aromatic nitrogens is 2. The van der Waals surface area contributed by atoms with E-state index in [9.17, 15) is 4.79 Å². The second-order valence-electron chi connectivity index (χ2n) is 4.60. The monoisotopic (exact) mass is 368 g/mol. The molecule has 23 heavy (non-hydrogen) atoms. The predicted octanol–water partition coefficient (Wildman–Crippen LogP) is 5.02. The van der Waals surface area contributed by atoms with Crippen molar-refractivity contribution in [1.82, 2.24) is 10.2 Å². The van der Waals surface area contributed by atoms with E-state index in [1.54, 1.807) is 6.92 Å². The lowest BCUT2D eigenvalue weighted by molar-refractivity contribution is 0.0280. The number of ether oxygens (including phenoxy) is 1. The standard InChI is InChI=1S/C15H10Cl2N2O3S/c1-8(13-18-19-14(22-13)12-3-2-6-23-12)21-15(20)9-4-5-10(16)11(17)7-9/h2-8H,1H3/t8-/m1/s1. The maximum Gasteiger partial charge on any atom is 0.338 e. The van der Waals surface area contributed by atoms with Crippen molar-refractivity contribution < 1.29 is 13.9 Å². The van der Waals surface area contributed by atoms with Crippen molar-refractivity contribution in [3.8, 4) is 10.8 Å². The molecule has 3 aromatic rings. The summed E-state index contributed by atoms with van der Waals surface area (Å²) in [5.74, 6) is 0.0705. The van der Waals surface area contributed by atoms with Gasteiger partial charge >= 0.3 is 5.97 Å². The molecule has 0 bridgehead atoms. The van der Waals surface area contributed by atoms with Crippen LogP contribution in [0, 0.1) is 0 Å². The van der Waals surface area contributed by atoms with Gasteiger partial charge in [0.05, 0.1) is 20.5 Å². The number of rotatable bonds is 4.